The third-order valence-electron chi connectivity index (χ3n) is 8.84. The lowest BCUT2D eigenvalue weighted by molar-refractivity contribution is -0.153. The standard InChI is InChI=1S/C29H37N3O5/c1-2-36-26(33)22-8-6-21(7-9-22)25(17-30)37-27(34)23-4-3-5-24(13-23)31-28(35)32-29-14-18-10-19(15-29)12-20(11-18)16-29/h6-9,18-20,23-25H,2-5,10-16H2,1H3,(H2,31,32,35)/t18?,19?,20?,23-,24+,25?,29?/m1/s1. The highest BCUT2D eigenvalue weighted by Crippen LogP contribution is 2.55. The van der Waals surface area contributed by atoms with Crippen LogP contribution in [0.15, 0.2) is 24.3 Å². The van der Waals surface area contributed by atoms with Gasteiger partial charge >= 0.3 is 18.0 Å². The fourth-order valence-corrected chi connectivity index (χ4v) is 7.65. The highest BCUT2D eigenvalue weighted by atomic mass is 16.5. The van der Waals surface area contributed by atoms with Crippen molar-refractivity contribution in [2.75, 3.05) is 6.61 Å². The molecule has 0 saturated heterocycles. The van der Waals surface area contributed by atoms with Crippen molar-refractivity contribution in [3.63, 3.8) is 0 Å². The number of rotatable bonds is 7. The Kier molecular flexibility index (Phi) is 7.41. The molecule has 1 aromatic rings. The Morgan fingerprint density at radius 2 is 1.68 bits per heavy atom. The first-order chi connectivity index (χ1) is 17.9. The molecule has 0 heterocycles. The van der Waals surface area contributed by atoms with Crippen molar-refractivity contribution in [2.45, 2.75) is 88.8 Å². The van der Waals surface area contributed by atoms with E-state index in [0.29, 0.717) is 24.0 Å². The number of hydrogen-bond acceptors (Lipinski definition) is 6. The van der Waals surface area contributed by atoms with E-state index in [0.717, 1.165) is 49.9 Å². The topological polar surface area (TPSA) is 118 Å². The lowest BCUT2D eigenvalue weighted by Gasteiger charge is -2.56. The second kappa shape index (κ2) is 10.7. The highest BCUT2D eigenvalue weighted by molar-refractivity contribution is 5.89. The summed E-state index contributed by atoms with van der Waals surface area (Å²) in [5, 5.41) is 16.1. The Balaban J connectivity index is 1.13. The molecule has 0 aliphatic heterocycles. The van der Waals surface area contributed by atoms with Gasteiger partial charge in [0.1, 0.15) is 6.07 Å². The average Bonchev–Trinajstić information content (AvgIpc) is 2.86. The van der Waals surface area contributed by atoms with Gasteiger partial charge in [0.05, 0.1) is 18.1 Å². The molecular formula is C29H37N3O5. The summed E-state index contributed by atoms with van der Waals surface area (Å²) in [5.74, 6) is 1.05. The van der Waals surface area contributed by atoms with Crippen molar-refractivity contribution in [2.24, 2.45) is 23.7 Å². The maximum Gasteiger partial charge on any atom is 0.338 e. The van der Waals surface area contributed by atoms with Crippen LogP contribution in [0.2, 0.25) is 0 Å². The van der Waals surface area contributed by atoms with Gasteiger partial charge in [-0.25, -0.2) is 9.59 Å². The first-order valence-electron chi connectivity index (χ1n) is 13.8. The largest absolute Gasteiger partial charge is 0.462 e. The number of nitriles is 1. The van der Waals surface area contributed by atoms with Crippen LogP contribution in [0.3, 0.4) is 0 Å². The van der Waals surface area contributed by atoms with Crippen LogP contribution in [-0.4, -0.2) is 36.2 Å². The van der Waals surface area contributed by atoms with E-state index in [-0.39, 0.29) is 30.1 Å². The van der Waals surface area contributed by atoms with Gasteiger partial charge in [-0.1, -0.05) is 18.6 Å². The lowest BCUT2D eigenvalue weighted by Crippen LogP contribution is -2.62. The van der Waals surface area contributed by atoms with Crippen LogP contribution in [-0.2, 0) is 14.3 Å². The minimum absolute atomic E-state index is 0.0469. The summed E-state index contributed by atoms with van der Waals surface area (Å²) in [4.78, 5) is 37.8. The molecule has 8 nitrogen and oxygen atoms in total. The van der Waals surface area contributed by atoms with Crippen molar-refractivity contribution in [1.82, 2.24) is 10.6 Å². The SMILES string of the molecule is CCOC(=O)c1ccc(C(C#N)OC(=O)[C@@H]2CCC[C@H](NC(=O)NC34CC5CC(CC(C5)C3)C4)C2)cc1. The van der Waals surface area contributed by atoms with Gasteiger partial charge in [-0.05, 0) is 94.6 Å². The summed E-state index contributed by atoms with van der Waals surface area (Å²) in [6, 6.07) is 8.17. The van der Waals surface area contributed by atoms with Crippen molar-refractivity contribution in [3.05, 3.63) is 35.4 Å². The molecule has 198 valence electrons. The molecule has 0 aromatic heterocycles. The molecule has 1 unspecified atom stereocenters. The number of esters is 2. The number of hydrogen-bond donors (Lipinski definition) is 2. The van der Waals surface area contributed by atoms with Crippen LogP contribution in [0.4, 0.5) is 4.79 Å². The van der Waals surface area contributed by atoms with Crippen molar-refractivity contribution >= 4 is 18.0 Å². The zero-order chi connectivity index (χ0) is 26.0. The molecule has 2 N–H and O–H groups in total. The first-order valence-corrected chi connectivity index (χ1v) is 13.8. The summed E-state index contributed by atoms with van der Waals surface area (Å²) < 4.78 is 10.6. The van der Waals surface area contributed by atoms with Crippen LogP contribution in [0, 0.1) is 35.0 Å². The number of nitrogens with zero attached hydrogens (tertiary/aromatic N) is 1. The van der Waals surface area contributed by atoms with Crippen LogP contribution in [0.25, 0.3) is 0 Å². The predicted molar refractivity (Wildman–Crippen MR) is 135 cm³/mol. The van der Waals surface area contributed by atoms with Gasteiger partial charge in [-0.15, -0.1) is 0 Å². The summed E-state index contributed by atoms with van der Waals surface area (Å²) in [5.41, 5.74) is 0.834. The average molecular weight is 508 g/mol. The molecule has 3 atom stereocenters. The van der Waals surface area contributed by atoms with Gasteiger partial charge in [0.25, 0.3) is 0 Å². The number of carbonyl (C=O) groups excluding carboxylic acids is 3. The molecule has 1 aromatic carbocycles. The van der Waals surface area contributed by atoms with Crippen molar-refractivity contribution in [3.8, 4) is 6.07 Å². The Morgan fingerprint density at radius 1 is 1.03 bits per heavy atom. The number of benzene rings is 1. The van der Waals surface area contributed by atoms with E-state index in [1.54, 1.807) is 31.2 Å². The molecule has 0 radical (unpaired) electrons. The van der Waals surface area contributed by atoms with E-state index < -0.39 is 18.0 Å². The quantitative estimate of drug-likeness (QED) is 0.512. The molecule has 5 aliphatic rings. The maximum atomic E-state index is 13.0. The Hall–Kier alpha value is -3.08. The van der Waals surface area contributed by atoms with Crippen molar-refractivity contribution in [1.29, 1.82) is 5.26 Å². The van der Waals surface area contributed by atoms with E-state index in [4.69, 9.17) is 9.47 Å². The summed E-state index contributed by atoms with van der Waals surface area (Å²) in [7, 11) is 0. The van der Waals surface area contributed by atoms with Gasteiger partial charge in [-0.3, -0.25) is 4.79 Å². The number of urea groups is 1. The molecule has 4 bridgehead atoms. The highest BCUT2D eigenvalue weighted by Gasteiger charge is 2.51. The van der Waals surface area contributed by atoms with E-state index >= 15 is 0 Å². The van der Waals surface area contributed by atoms with Gasteiger partial charge in [-0.2, -0.15) is 5.26 Å². The zero-order valence-corrected chi connectivity index (χ0v) is 21.5. The number of carbonyl (C=O) groups is 3. The maximum absolute atomic E-state index is 13.0. The van der Waals surface area contributed by atoms with Crippen LogP contribution in [0.5, 0.6) is 0 Å². The summed E-state index contributed by atoms with van der Waals surface area (Å²) in [6.45, 7) is 2.01. The summed E-state index contributed by atoms with van der Waals surface area (Å²) >= 11 is 0. The summed E-state index contributed by atoms with van der Waals surface area (Å²) in [6.07, 6.45) is 9.05. The van der Waals surface area contributed by atoms with E-state index in [1.807, 2.05) is 6.07 Å². The molecule has 37 heavy (non-hydrogen) atoms. The Bertz CT molecular complexity index is 1030. The molecule has 6 rings (SSSR count). The van der Waals surface area contributed by atoms with Crippen LogP contribution in [0.1, 0.15) is 93.2 Å². The van der Waals surface area contributed by atoms with Crippen LogP contribution >= 0.6 is 0 Å². The van der Waals surface area contributed by atoms with E-state index in [2.05, 4.69) is 10.6 Å². The Labute approximate surface area is 218 Å². The third kappa shape index (κ3) is 5.76. The lowest BCUT2D eigenvalue weighted by atomic mass is 9.53. The first kappa shape index (κ1) is 25.6. The monoisotopic (exact) mass is 507 g/mol. The van der Waals surface area contributed by atoms with Gasteiger partial charge in [0.2, 0.25) is 6.10 Å². The molecule has 8 heteroatoms. The molecule has 5 saturated carbocycles. The number of amides is 2. The van der Waals surface area contributed by atoms with Gasteiger partial charge in [0.15, 0.2) is 0 Å². The van der Waals surface area contributed by atoms with Gasteiger partial charge < -0.3 is 20.1 Å². The van der Waals surface area contributed by atoms with E-state index in [1.165, 1.54) is 19.3 Å². The fraction of sp³-hybridized carbons (Fsp3) is 0.655. The van der Waals surface area contributed by atoms with E-state index in [9.17, 15) is 19.6 Å². The Morgan fingerprint density at radius 3 is 2.27 bits per heavy atom. The molecule has 0 spiro atoms. The normalized spacial score (nSPS) is 32.6. The second-order valence-electron chi connectivity index (χ2n) is 11.6. The molecular weight excluding hydrogens is 470 g/mol. The second-order valence-corrected chi connectivity index (χ2v) is 11.6. The minimum atomic E-state index is -1.06. The van der Waals surface area contributed by atoms with Crippen LogP contribution < -0.4 is 10.6 Å². The predicted octanol–water partition coefficient (Wildman–Crippen LogP) is 4.80. The zero-order valence-electron chi connectivity index (χ0n) is 21.5. The number of nitrogens with one attached hydrogen (secondary N) is 2. The molecule has 5 fully saturated rings. The molecule has 2 amide bonds. The fourth-order valence-electron chi connectivity index (χ4n) is 7.65. The van der Waals surface area contributed by atoms with Crippen molar-refractivity contribution < 1.29 is 23.9 Å². The van der Waals surface area contributed by atoms with Gasteiger partial charge in [0, 0.05) is 17.1 Å². The minimum Gasteiger partial charge on any atom is -0.462 e. The number of ether oxygens (including phenoxy) is 2. The molecule has 5 aliphatic carbocycles. The third-order valence-corrected chi connectivity index (χ3v) is 8.84. The smallest absolute Gasteiger partial charge is 0.338 e.